The van der Waals surface area contributed by atoms with Gasteiger partial charge in [-0.15, -0.1) is 0 Å². The van der Waals surface area contributed by atoms with Gasteiger partial charge in [0.05, 0.1) is 18.3 Å². The SMILES string of the molecule is COCO[C@@H]1CC[C@@]2(C)C(CCC3(C)C2[C@H](OCOC)CC2C([C@@H](CO)CCC=C(C)C)[C@@H](O)C[C@@]23C)C1C. The van der Waals surface area contributed by atoms with E-state index in [0.29, 0.717) is 37.3 Å². The van der Waals surface area contributed by atoms with Gasteiger partial charge in [-0.3, -0.25) is 0 Å². The van der Waals surface area contributed by atoms with Crippen LogP contribution in [0.15, 0.2) is 11.6 Å². The van der Waals surface area contributed by atoms with E-state index in [0.717, 1.165) is 44.9 Å². The molecule has 0 heterocycles. The molecule has 0 aromatic rings. The van der Waals surface area contributed by atoms with Crippen molar-refractivity contribution in [3.63, 3.8) is 0 Å². The van der Waals surface area contributed by atoms with Crippen molar-refractivity contribution in [1.29, 1.82) is 0 Å². The summed E-state index contributed by atoms with van der Waals surface area (Å²) in [5, 5.41) is 22.3. The van der Waals surface area contributed by atoms with Gasteiger partial charge in [-0.05, 0) is 117 Å². The van der Waals surface area contributed by atoms with E-state index < -0.39 is 0 Å². The molecule has 12 atom stereocenters. The Morgan fingerprint density at radius 1 is 0.949 bits per heavy atom. The Balaban J connectivity index is 1.69. The Kier molecular flexibility index (Phi) is 9.99. The molecule has 2 N–H and O–H groups in total. The van der Waals surface area contributed by atoms with Crippen LogP contribution in [0.4, 0.5) is 0 Å². The summed E-state index contributed by atoms with van der Waals surface area (Å²) < 4.78 is 23.6. The third kappa shape index (κ3) is 5.41. The number of ether oxygens (including phenoxy) is 4. The van der Waals surface area contributed by atoms with E-state index in [-0.39, 0.29) is 53.0 Å². The topological polar surface area (TPSA) is 77.4 Å². The molecule has 0 saturated heterocycles. The summed E-state index contributed by atoms with van der Waals surface area (Å²) >= 11 is 0. The van der Waals surface area contributed by atoms with Crippen molar-refractivity contribution in [2.45, 2.75) is 111 Å². The zero-order chi connectivity index (χ0) is 28.6. The maximum absolute atomic E-state index is 11.7. The van der Waals surface area contributed by atoms with Crippen molar-refractivity contribution >= 4 is 0 Å². The lowest BCUT2D eigenvalue weighted by molar-refractivity contribution is -0.265. The van der Waals surface area contributed by atoms with Crippen molar-refractivity contribution in [1.82, 2.24) is 0 Å². The fourth-order valence-electron chi connectivity index (χ4n) is 10.8. The summed E-state index contributed by atoms with van der Waals surface area (Å²) in [4.78, 5) is 0. The molecule has 6 unspecified atom stereocenters. The molecule has 6 nitrogen and oxygen atoms in total. The molecule has 0 spiro atoms. The lowest BCUT2D eigenvalue weighted by Gasteiger charge is -2.70. The Morgan fingerprint density at radius 2 is 1.62 bits per heavy atom. The predicted molar refractivity (Wildman–Crippen MR) is 154 cm³/mol. The molecule has 4 aliphatic carbocycles. The van der Waals surface area contributed by atoms with Crippen LogP contribution in [0, 0.1) is 51.8 Å². The molecule has 4 rings (SSSR count). The molecule has 6 heteroatoms. The highest BCUT2D eigenvalue weighted by molar-refractivity contribution is 5.20. The van der Waals surface area contributed by atoms with E-state index in [1.807, 2.05) is 0 Å². The molecule has 39 heavy (non-hydrogen) atoms. The minimum Gasteiger partial charge on any atom is -0.396 e. The molecule has 0 aromatic heterocycles. The third-order valence-electron chi connectivity index (χ3n) is 12.6. The minimum absolute atomic E-state index is 0.000763. The minimum atomic E-state index is -0.384. The summed E-state index contributed by atoms with van der Waals surface area (Å²) in [7, 11) is 3.41. The van der Waals surface area contributed by atoms with Gasteiger partial charge < -0.3 is 29.2 Å². The van der Waals surface area contributed by atoms with Crippen LogP contribution in [0.5, 0.6) is 0 Å². The zero-order valence-corrected chi connectivity index (χ0v) is 26.1. The standard InChI is InChI=1S/C33H58O6/c1-21(2)10-9-11-23(18-34)29-25-16-28(39-20-37-8)30-31(4)14-13-27(38-19-36-7)22(3)24(31)12-15-32(30,5)33(25,6)17-26(29)35/h10,22-30,34-35H,9,11-20H2,1-8H3/t22?,23-,24?,25?,26+,27-,28-,29?,30?,31+,32?,33+/m1/s1. The van der Waals surface area contributed by atoms with E-state index in [4.69, 9.17) is 18.9 Å². The van der Waals surface area contributed by atoms with Gasteiger partial charge in [0, 0.05) is 20.8 Å². The first-order valence-corrected chi connectivity index (χ1v) is 15.6. The van der Waals surface area contributed by atoms with Crippen LogP contribution in [0.2, 0.25) is 0 Å². The van der Waals surface area contributed by atoms with Gasteiger partial charge in [-0.2, -0.15) is 0 Å². The van der Waals surface area contributed by atoms with Crippen LogP contribution in [0.1, 0.15) is 92.9 Å². The van der Waals surface area contributed by atoms with Gasteiger partial charge in [0.1, 0.15) is 13.6 Å². The van der Waals surface area contributed by atoms with Crippen molar-refractivity contribution < 1.29 is 29.2 Å². The highest BCUT2D eigenvalue weighted by atomic mass is 16.7. The first-order chi connectivity index (χ1) is 18.5. The third-order valence-corrected chi connectivity index (χ3v) is 12.6. The molecule has 0 aliphatic heterocycles. The quantitative estimate of drug-likeness (QED) is 0.236. The summed E-state index contributed by atoms with van der Waals surface area (Å²) in [6, 6.07) is 0. The maximum Gasteiger partial charge on any atom is 0.146 e. The van der Waals surface area contributed by atoms with Crippen LogP contribution in [-0.2, 0) is 18.9 Å². The number of aliphatic hydroxyl groups is 2. The fraction of sp³-hybridized carbons (Fsp3) is 0.939. The van der Waals surface area contributed by atoms with Crippen LogP contribution in [0.3, 0.4) is 0 Å². The van der Waals surface area contributed by atoms with Crippen molar-refractivity contribution in [2.24, 2.45) is 51.8 Å². The summed E-state index contributed by atoms with van der Waals surface area (Å²) in [5.74, 6) is 1.93. The molecular formula is C33H58O6. The van der Waals surface area contributed by atoms with E-state index in [2.05, 4.69) is 47.6 Å². The number of methoxy groups -OCH3 is 2. The second-order valence-corrected chi connectivity index (χ2v) is 14.6. The van der Waals surface area contributed by atoms with Crippen LogP contribution >= 0.6 is 0 Å². The molecule has 0 radical (unpaired) electrons. The summed E-state index contributed by atoms with van der Waals surface area (Å²) in [6.07, 6.45) is 10.3. The van der Waals surface area contributed by atoms with E-state index in [1.54, 1.807) is 14.2 Å². The Morgan fingerprint density at radius 3 is 2.23 bits per heavy atom. The molecule has 0 aromatic carbocycles. The van der Waals surface area contributed by atoms with E-state index >= 15 is 0 Å². The highest BCUT2D eigenvalue weighted by Gasteiger charge is 2.71. The largest absolute Gasteiger partial charge is 0.396 e. The molecule has 4 aliphatic rings. The molecule has 4 fully saturated rings. The fourth-order valence-corrected chi connectivity index (χ4v) is 10.8. The van der Waals surface area contributed by atoms with Gasteiger partial charge >= 0.3 is 0 Å². The Hall–Kier alpha value is -0.500. The molecule has 0 amide bonds. The first-order valence-electron chi connectivity index (χ1n) is 15.6. The first kappa shape index (κ1) is 31.4. The summed E-state index contributed by atoms with van der Waals surface area (Å²) in [6.45, 7) is 15.0. The van der Waals surface area contributed by atoms with Crippen molar-refractivity contribution in [2.75, 3.05) is 34.4 Å². The number of hydrogen-bond donors (Lipinski definition) is 2. The van der Waals surface area contributed by atoms with Crippen molar-refractivity contribution in [3.05, 3.63) is 11.6 Å². The number of hydrogen-bond acceptors (Lipinski definition) is 6. The second-order valence-electron chi connectivity index (χ2n) is 14.6. The number of aliphatic hydroxyl groups excluding tert-OH is 2. The van der Waals surface area contributed by atoms with Gasteiger partial charge in [-0.25, -0.2) is 0 Å². The maximum atomic E-state index is 11.7. The smallest absolute Gasteiger partial charge is 0.146 e. The average Bonchev–Trinajstić information content (AvgIpc) is 3.15. The summed E-state index contributed by atoms with van der Waals surface area (Å²) in [5.41, 5.74) is 1.48. The van der Waals surface area contributed by atoms with Crippen molar-refractivity contribution in [3.8, 4) is 0 Å². The average molecular weight is 551 g/mol. The van der Waals surface area contributed by atoms with Crippen LogP contribution in [-0.4, -0.2) is 62.9 Å². The lowest BCUT2D eigenvalue weighted by atomic mass is 9.36. The number of fused-ring (bicyclic) bond motifs is 5. The highest BCUT2D eigenvalue weighted by Crippen LogP contribution is 2.75. The predicted octanol–water partition coefficient (Wildman–Crippen LogP) is 6.20. The van der Waals surface area contributed by atoms with Crippen LogP contribution in [0.25, 0.3) is 0 Å². The molecule has 0 bridgehead atoms. The number of rotatable bonds is 11. The van der Waals surface area contributed by atoms with Gasteiger partial charge in [-0.1, -0.05) is 39.3 Å². The Bertz CT molecular complexity index is 842. The van der Waals surface area contributed by atoms with Gasteiger partial charge in [0.25, 0.3) is 0 Å². The molecular weight excluding hydrogens is 492 g/mol. The number of allylic oxidation sites excluding steroid dienone is 2. The molecule has 4 saturated carbocycles. The van der Waals surface area contributed by atoms with Crippen LogP contribution < -0.4 is 0 Å². The van der Waals surface area contributed by atoms with E-state index in [9.17, 15) is 10.2 Å². The lowest BCUT2D eigenvalue weighted by Crippen LogP contribution is -2.66. The van der Waals surface area contributed by atoms with E-state index in [1.165, 1.54) is 12.0 Å². The Labute approximate surface area is 238 Å². The zero-order valence-electron chi connectivity index (χ0n) is 26.1. The van der Waals surface area contributed by atoms with Gasteiger partial charge in [0.2, 0.25) is 0 Å². The second kappa shape index (κ2) is 12.4. The van der Waals surface area contributed by atoms with Gasteiger partial charge in [0.15, 0.2) is 0 Å². The molecule has 226 valence electrons. The normalized spacial score (nSPS) is 46.2. The monoisotopic (exact) mass is 550 g/mol.